The van der Waals surface area contributed by atoms with Gasteiger partial charge in [-0.25, -0.2) is 4.98 Å². The first-order valence-corrected chi connectivity index (χ1v) is 2.87. The molecule has 0 fully saturated rings. The second-order valence-electron chi connectivity index (χ2n) is 1.21. The number of halogens is 1. The first-order valence-electron chi connectivity index (χ1n) is 4.73. The van der Waals surface area contributed by atoms with E-state index in [-0.39, 0.29) is 28.6 Å². The molecule has 9 heavy (non-hydrogen) atoms. The van der Waals surface area contributed by atoms with Crippen molar-refractivity contribution in [1.82, 2.24) is 4.98 Å². The molecule has 0 bridgehead atoms. The summed E-state index contributed by atoms with van der Waals surface area (Å²) in [5, 5.41) is 0. The number of nitrogens with zero attached hydrogens (tertiary/aromatic N) is 1. The van der Waals surface area contributed by atoms with Crippen LogP contribution in [-0.4, -0.2) is 12.0 Å². The van der Waals surface area contributed by atoms with E-state index in [0.29, 0.717) is 0 Å². The fourth-order valence-corrected chi connectivity index (χ4v) is 0.623. The van der Waals surface area contributed by atoms with Gasteiger partial charge in [0, 0.05) is 6.17 Å². The van der Waals surface area contributed by atoms with Crippen LogP contribution >= 0.6 is 15.9 Å². The minimum Gasteiger partial charge on any atom is -0.494 e. The molecule has 0 amide bonds. The summed E-state index contributed by atoms with van der Waals surface area (Å²) in [5.41, 5.74) is 0. The molecule has 0 N–H and O–H groups in total. The Kier molecular flexibility index (Phi) is 0.810. The predicted octanol–water partition coefficient (Wildman–Crippen LogP) is 1.85. The largest absolute Gasteiger partial charge is 0.494 e. The lowest BCUT2D eigenvalue weighted by Gasteiger charge is -1.98. The van der Waals surface area contributed by atoms with Crippen molar-refractivity contribution in [3.63, 3.8) is 0 Å². The SMILES string of the molecule is [2H]c1nc(Br)c(OC([2H])[2H])c([2H])c1[2H]. The Morgan fingerprint density at radius 1 is 2.00 bits per heavy atom. The topological polar surface area (TPSA) is 22.1 Å². The van der Waals surface area contributed by atoms with Crippen LogP contribution in [0.4, 0.5) is 0 Å². The molecule has 1 aromatic rings. The van der Waals surface area contributed by atoms with Gasteiger partial charge >= 0.3 is 0 Å². The minimum atomic E-state index is -1.59. The number of ether oxygens (including phenoxy) is 1. The highest BCUT2D eigenvalue weighted by Crippen LogP contribution is 2.19. The molecule has 0 saturated heterocycles. The van der Waals surface area contributed by atoms with E-state index in [9.17, 15) is 0 Å². The molecule has 3 heteroatoms. The summed E-state index contributed by atoms with van der Waals surface area (Å²) >= 11 is 2.93. The highest BCUT2D eigenvalue weighted by atomic mass is 79.9. The monoisotopic (exact) mass is 192 g/mol. The summed E-state index contributed by atoms with van der Waals surface area (Å²) in [7, 11) is -1.59. The molecule has 1 rings (SSSR count). The van der Waals surface area contributed by atoms with Gasteiger partial charge in [0.05, 0.1) is 13.9 Å². The van der Waals surface area contributed by atoms with E-state index in [1.807, 2.05) is 0 Å². The molecule has 48 valence electrons. The normalized spacial score (nSPS) is 17.3. The maximum absolute atomic E-state index is 7.40. The second kappa shape index (κ2) is 2.82. The quantitative estimate of drug-likeness (QED) is 0.635. The molecule has 1 heterocycles. The highest BCUT2D eigenvalue weighted by molar-refractivity contribution is 9.10. The summed E-state index contributed by atoms with van der Waals surface area (Å²) < 4.78 is 40.2. The van der Waals surface area contributed by atoms with Gasteiger partial charge in [-0.05, 0) is 28.0 Å². The highest BCUT2D eigenvalue weighted by Gasteiger charge is 1.94. The van der Waals surface area contributed by atoms with Crippen LogP contribution < -0.4 is 4.74 Å². The van der Waals surface area contributed by atoms with Crippen molar-refractivity contribution in [3.8, 4) is 5.75 Å². The molecule has 0 aliphatic heterocycles. The van der Waals surface area contributed by atoms with Gasteiger partial charge in [0.1, 0.15) is 4.60 Å². The molecule has 2 nitrogen and oxygen atoms in total. The molecule has 0 aliphatic carbocycles. The number of pyridine rings is 1. The zero-order chi connectivity index (χ0) is 10.9. The molecule has 0 aromatic carbocycles. The van der Waals surface area contributed by atoms with Crippen LogP contribution in [-0.2, 0) is 0 Å². The van der Waals surface area contributed by atoms with Crippen molar-refractivity contribution in [2.75, 3.05) is 7.06 Å². The molecular formula is C6H6BrNO. The lowest BCUT2D eigenvalue weighted by Crippen LogP contribution is -1.84. The van der Waals surface area contributed by atoms with Gasteiger partial charge in [0.15, 0.2) is 5.75 Å². The second-order valence-corrected chi connectivity index (χ2v) is 1.96. The number of rotatable bonds is 1. The molecule has 0 spiro atoms. The van der Waals surface area contributed by atoms with E-state index in [1.54, 1.807) is 0 Å². The Balaban J connectivity index is 3.22. The van der Waals surface area contributed by atoms with Crippen molar-refractivity contribution < 1.29 is 11.6 Å². The third-order valence-corrected chi connectivity index (χ3v) is 1.23. The molecule has 0 unspecified atom stereocenters. The van der Waals surface area contributed by atoms with Gasteiger partial charge in [-0.15, -0.1) is 0 Å². The molecule has 1 aromatic heterocycles. The fourth-order valence-electron chi connectivity index (χ4n) is 0.342. The van der Waals surface area contributed by atoms with Gasteiger partial charge < -0.3 is 4.74 Å². The summed E-state index contributed by atoms with van der Waals surface area (Å²) in [5.74, 6) is -0.152. The van der Waals surface area contributed by atoms with Gasteiger partial charge in [0.2, 0.25) is 0 Å². The maximum Gasteiger partial charge on any atom is 0.151 e. The smallest absolute Gasteiger partial charge is 0.151 e. The standard InChI is InChI=1S/C6H6BrNO/c1-9-5-3-2-4-8-6(5)7/h2-4H,1H3/i1D2,2D,3D,4D. The van der Waals surface area contributed by atoms with Gasteiger partial charge in [-0.3, -0.25) is 0 Å². The van der Waals surface area contributed by atoms with Crippen LogP contribution in [0.2, 0.25) is 0 Å². The fraction of sp³-hybridized carbons (Fsp3) is 0.167. The lowest BCUT2D eigenvalue weighted by atomic mass is 10.5. The van der Waals surface area contributed by atoms with Gasteiger partial charge in [-0.2, -0.15) is 0 Å². The molecule has 0 atom stereocenters. The number of aromatic nitrogens is 1. The van der Waals surface area contributed by atoms with Crippen LogP contribution in [0.5, 0.6) is 5.75 Å². The molecular weight excluding hydrogens is 182 g/mol. The maximum atomic E-state index is 7.40. The first kappa shape index (κ1) is 2.58. The van der Waals surface area contributed by atoms with E-state index in [0.717, 1.165) is 0 Å². The Morgan fingerprint density at radius 2 is 2.89 bits per heavy atom. The third-order valence-electron chi connectivity index (χ3n) is 0.691. The summed E-state index contributed by atoms with van der Waals surface area (Å²) in [6.07, 6.45) is -0.347. The van der Waals surface area contributed by atoms with Crippen molar-refractivity contribution >= 4 is 15.9 Å². The van der Waals surface area contributed by atoms with Crippen molar-refractivity contribution in [2.24, 2.45) is 0 Å². The Labute approximate surface area is 69.0 Å². The number of methoxy groups -OCH3 is 1. The van der Waals surface area contributed by atoms with E-state index < -0.39 is 7.06 Å². The summed E-state index contributed by atoms with van der Waals surface area (Å²) in [6, 6.07) is -0.731. The van der Waals surface area contributed by atoms with Crippen LogP contribution in [0.3, 0.4) is 0 Å². The van der Waals surface area contributed by atoms with E-state index >= 15 is 0 Å². The zero-order valence-corrected chi connectivity index (χ0v) is 5.90. The Hall–Kier alpha value is -0.570. The van der Waals surface area contributed by atoms with Crippen molar-refractivity contribution in [2.45, 2.75) is 0 Å². The Bertz CT molecular complexity index is 359. The molecule has 0 aliphatic rings. The Morgan fingerprint density at radius 3 is 3.67 bits per heavy atom. The predicted molar refractivity (Wildman–Crippen MR) is 38.5 cm³/mol. The van der Waals surface area contributed by atoms with Crippen LogP contribution in [0.1, 0.15) is 6.85 Å². The minimum absolute atomic E-state index is 0.0630. The number of hydrogen-bond acceptors (Lipinski definition) is 2. The van der Waals surface area contributed by atoms with Crippen LogP contribution in [0.25, 0.3) is 0 Å². The molecule has 0 saturated carbocycles. The van der Waals surface area contributed by atoms with Crippen LogP contribution in [0.15, 0.2) is 22.9 Å². The number of hydrogen-bond donors (Lipinski definition) is 0. The average Bonchev–Trinajstić information content (AvgIpc) is 2.09. The van der Waals surface area contributed by atoms with Crippen molar-refractivity contribution in [3.05, 3.63) is 22.9 Å². The summed E-state index contributed by atoms with van der Waals surface area (Å²) in [6.45, 7) is 0. The van der Waals surface area contributed by atoms with E-state index in [1.165, 1.54) is 0 Å². The third kappa shape index (κ3) is 1.42. The first-order chi connectivity index (χ1) is 6.43. The van der Waals surface area contributed by atoms with E-state index in [4.69, 9.17) is 6.85 Å². The van der Waals surface area contributed by atoms with E-state index in [2.05, 4.69) is 25.7 Å². The average molecular weight is 193 g/mol. The molecule has 0 radical (unpaired) electrons. The van der Waals surface area contributed by atoms with Crippen LogP contribution in [0, 0.1) is 0 Å². The lowest BCUT2D eigenvalue weighted by molar-refractivity contribution is 0.410. The van der Waals surface area contributed by atoms with Gasteiger partial charge in [0.25, 0.3) is 0 Å². The zero-order valence-electron chi connectivity index (χ0n) is 9.31. The van der Waals surface area contributed by atoms with Gasteiger partial charge in [-0.1, -0.05) is 0 Å². The van der Waals surface area contributed by atoms with Crippen molar-refractivity contribution in [1.29, 1.82) is 0 Å². The summed E-state index contributed by atoms with van der Waals surface area (Å²) in [4.78, 5) is 3.57.